The average molecular weight is 276 g/mol. The van der Waals surface area contributed by atoms with Crippen molar-refractivity contribution in [2.45, 2.75) is 33.1 Å². The summed E-state index contributed by atoms with van der Waals surface area (Å²) < 4.78 is 7.26. The minimum atomic E-state index is 0.296. The molecule has 0 saturated carbocycles. The van der Waals surface area contributed by atoms with Gasteiger partial charge in [-0.05, 0) is 12.8 Å². The van der Waals surface area contributed by atoms with E-state index >= 15 is 0 Å². The van der Waals surface area contributed by atoms with Crippen molar-refractivity contribution in [1.29, 1.82) is 0 Å². The number of anilines is 1. The van der Waals surface area contributed by atoms with Crippen molar-refractivity contribution in [2.75, 3.05) is 11.9 Å². The summed E-state index contributed by atoms with van der Waals surface area (Å²) in [5.74, 6) is 1.35. The molecule has 0 saturated heterocycles. The van der Waals surface area contributed by atoms with E-state index < -0.39 is 0 Å². The van der Waals surface area contributed by atoms with E-state index in [0.717, 1.165) is 37.2 Å². The molecule has 0 unspecified atom stereocenters. The molecule has 0 spiro atoms. The van der Waals surface area contributed by atoms with Crippen LogP contribution in [-0.2, 0) is 13.5 Å². The Bertz CT molecular complexity index is 554. The van der Waals surface area contributed by atoms with E-state index in [-0.39, 0.29) is 0 Å². The van der Waals surface area contributed by atoms with Crippen LogP contribution in [0.3, 0.4) is 0 Å². The normalized spacial score (nSPS) is 10.6. The number of aromatic nitrogens is 5. The van der Waals surface area contributed by atoms with Crippen LogP contribution in [0.1, 0.15) is 32.3 Å². The third-order valence-electron chi connectivity index (χ3n) is 2.71. The molecule has 2 rings (SSSR count). The quantitative estimate of drug-likeness (QED) is 0.835. The van der Waals surface area contributed by atoms with Gasteiger partial charge >= 0.3 is 6.01 Å². The van der Waals surface area contributed by atoms with E-state index in [1.54, 1.807) is 18.1 Å². The first kappa shape index (κ1) is 14.2. The highest BCUT2D eigenvalue weighted by Gasteiger charge is 2.14. The van der Waals surface area contributed by atoms with Gasteiger partial charge in [-0.3, -0.25) is 4.68 Å². The number of nitrogens with one attached hydrogen (secondary N) is 1. The Labute approximate surface area is 118 Å². The first-order valence-electron chi connectivity index (χ1n) is 6.85. The highest BCUT2D eigenvalue weighted by atomic mass is 16.5. The second kappa shape index (κ2) is 6.83. The van der Waals surface area contributed by atoms with E-state index in [1.165, 1.54) is 6.33 Å². The lowest BCUT2D eigenvalue weighted by atomic mass is 10.1. The van der Waals surface area contributed by atoms with Gasteiger partial charge in [-0.25, -0.2) is 9.97 Å². The second-order valence-corrected chi connectivity index (χ2v) is 4.49. The maximum atomic E-state index is 5.67. The maximum Gasteiger partial charge on any atom is 0.342 e. The summed E-state index contributed by atoms with van der Waals surface area (Å²) in [6.45, 7) is 5.09. The van der Waals surface area contributed by atoms with E-state index in [9.17, 15) is 0 Å². The lowest BCUT2D eigenvalue weighted by molar-refractivity contribution is 0.416. The third kappa shape index (κ3) is 3.43. The number of hydrogen-bond donors (Lipinski definition) is 1. The predicted molar refractivity (Wildman–Crippen MR) is 75.9 cm³/mol. The Morgan fingerprint density at radius 2 is 2.05 bits per heavy atom. The fraction of sp³-hybridized carbons (Fsp3) is 0.538. The Hall–Kier alpha value is -2.18. The molecule has 7 nitrogen and oxygen atoms in total. The monoisotopic (exact) mass is 276 g/mol. The van der Waals surface area contributed by atoms with Crippen LogP contribution in [0.2, 0.25) is 0 Å². The van der Waals surface area contributed by atoms with Crippen LogP contribution in [0.5, 0.6) is 11.9 Å². The average Bonchev–Trinajstić information content (AvgIpc) is 2.85. The molecule has 0 aliphatic rings. The van der Waals surface area contributed by atoms with Gasteiger partial charge in [-0.2, -0.15) is 4.98 Å². The zero-order valence-corrected chi connectivity index (χ0v) is 12.1. The van der Waals surface area contributed by atoms with Gasteiger partial charge in [0.2, 0.25) is 5.88 Å². The summed E-state index contributed by atoms with van der Waals surface area (Å²) in [5.41, 5.74) is 0.968. The van der Waals surface area contributed by atoms with Gasteiger partial charge in [0.05, 0.1) is 5.56 Å². The molecule has 7 heteroatoms. The van der Waals surface area contributed by atoms with Gasteiger partial charge in [-0.15, -0.1) is 5.10 Å². The summed E-state index contributed by atoms with van der Waals surface area (Å²) in [4.78, 5) is 12.6. The summed E-state index contributed by atoms with van der Waals surface area (Å²) in [5, 5.41) is 7.40. The summed E-state index contributed by atoms with van der Waals surface area (Å²) in [6, 6.07) is 0.296. The van der Waals surface area contributed by atoms with Crippen LogP contribution < -0.4 is 10.1 Å². The van der Waals surface area contributed by atoms with Crippen molar-refractivity contribution in [3.8, 4) is 11.9 Å². The first-order chi connectivity index (χ1) is 9.74. The fourth-order valence-corrected chi connectivity index (χ4v) is 1.81. The Morgan fingerprint density at radius 1 is 1.20 bits per heavy atom. The largest absolute Gasteiger partial charge is 0.404 e. The van der Waals surface area contributed by atoms with Crippen molar-refractivity contribution < 1.29 is 4.74 Å². The molecule has 2 heterocycles. The van der Waals surface area contributed by atoms with Gasteiger partial charge in [0.15, 0.2) is 0 Å². The second-order valence-electron chi connectivity index (χ2n) is 4.49. The Morgan fingerprint density at radius 3 is 2.70 bits per heavy atom. The topological polar surface area (TPSA) is 77.8 Å². The number of rotatable bonds is 7. The Balaban J connectivity index is 2.25. The van der Waals surface area contributed by atoms with Crippen molar-refractivity contribution in [1.82, 2.24) is 24.7 Å². The lowest BCUT2D eigenvalue weighted by Crippen LogP contribution is -2.08. The standard InChI is InChI=1S/C13H20N6O/c1-4-6-10-11(14-7-5-2)15-8-16-12(10)20-13-17-9-19(3)18-13/h8-9H,4-7H2,1-3H3,(H,14,15,16). The van der Waals surface area contributed by atoms with Crippen molar-refractivity contribution in [2.24, 2.45) is 7.05 Å². The number of ether oxygens (including phenoxy) is 1. The zero-order valence-electron chi connectivity index (χ0n) is 12.1. The van der Waals surface area contributed by atoms with Crippen LogP contribution in [-0.4, -0.2) is 31.3 Å². The maximum absolute atomic E-state index is 5.67. The summed E-state index contributed by atoms with van der Waals surface area (Å²) in [6.07, 6.45) is 5.95. The zero-order chi connectivity index (χ0) is 14.4. The highest BCUT2D eigenvalue weighted by Crippen LogP contribution is 2.26. The molecule has 2 aromatic rings. The molecule has 0 atom stereocenters. The van der Waals surface area contributed by atoms with Crippen molar-refractivity contribution in [3.05, 3.63) is 18.2 Å². The molecule has 0 fully saturated rings. The van der Waals surface area contributed by atoms with Crippen molar-refractivity contribution >= 4 is 5.82 Å². The third-order valence-corrected chi connectivity index (χ3v) is 2.71. The molecule has 0 radical (unpaired) electrons. The fourth-order valence-electron chi connectivity index (χ4n) is 1.81. The molecule has 0 aliphatic heterocycles. The van der Waals surface area contributed by atoms with Crippen LogP contribution in [0.25, 0.3) is 0 Å². The molecule has 2 aromatic heterocycles. The Kier molecular flexibility index (Phi) is 4.86. The van der Waals surface area contributed by atoms with Crippen LogP contribution in [0.15, 0.2) is 12.7 Å². The predicted octanol–water partition coefficient (Wildman–Crippen LogP) is 2.17. The van der Waals surface area contributed by atoms with E-state index in [4.69, 9.17) is 4.74 Å². The van der Waals surface area contributed by atoms with Gasteiger partial charge < -0.3 is 10.1 Å². The molecule has 20 heavy (non-hydrogen) atoms. The van der Waals surface area contributed by atoms with Crippen LogP contribution in [0, 0.1) is 0 Å². The molecule has 0 amide bonds. The van der Waals surface area contributed by atoms with Crippen LogP contribution >= 0.6 is 0 Å². The number of hydrogen-bond acceptors (Lipinski definition) is 6. The number of aryl methyl sites for hydroxylation is 1. The first-order valence-corrected chi connectivity index (χ1v) is 6.85. The molecule has 0 bridgehead atoms. The molecular weight excluding hydrogens is 256 g/mol. The minimum Gasteiger partial charge on any atom is -0.404 e. The van der Waals surface area contributed by atoms with E-state index in [0.29, 0.717) is 11.9 Å². The van der Waals surface area contributed by atoms with Gasteiger partial charge in [0.1, 0.15) is 18.5 Å². The molecule has 108 valence electrons. The number of nitrogens with zero attached hydrogens (tertiary/aromatic N) is 5. The minimum absolute atomic E-state index is 0.296. The highest BCUT2D eigenvalue weighted by molar-refractivity contribution is 5.49. The molecular formula is C13H20N6O. The van der Waals surface area contributed by atoms with Gasteiger partial charge in [0.25, 0.3) is 0 Å². The van der Waals surface area contributed by atoms with Gasteiger partial charge in [-0.1, -0.05) is 20.3 Å². The molecule has 0 aromatic carbocycles. The van der Waals surface area contributed by atoms with E-state index in [2.05, 4.69) is 39.2 Å². The summed E-state index contributed by atoms with van der Waals surface area (Å²) in [7, 11) is 1.79. The molecule has 1 N–H and O–H groups in total. The van der Waals surface area contributed by atoms with E-state index in [1.807, 2.05) is 0 Å². The smallest absolute Gasteiger partial charge is 0.342 e. The SMILES string of the molecule is CCCNc1ncnc(Oc2ncn(C)n2)c1CCC. The molecule has 0 aliphatic carbocycles. The van der Waals surface area contributed by atoms with Gasteiger partial charge in [0, 0.05) is 13.6 Å². The summed E-state index contributed by atoms with van der Waals surface area (Å²) >= 11 is 0. The lowest BCUT2D eigenvalue weighted by Gasteiger charge is -2.12. The van der Waals surface area contributed by atoms with Crippen LogP contribution in [0.4, 0.5) is 5.82 Å². The van der Waals surface area contributed by atoms with Crippen molar-refractivity contribution in [3.63, 3.8) is 0 Å².